The number of hydrogen-bond donors (Lipinski definition) is 0. The van der Waals surface area contributed by atoms with Crippen molar-refractivity contribution in [1.29, 1.82) is 0 Å². The van der Waals surface area contributed by atoms with Crippen molar-refractivity contribution in [3.63, 3.8) is 0 Å². The molecule has 0 bridgehead atoms. The summed E-state index contributed by atoms with van der Waals surface area (Å²) in [6.07, 6.45) is 6.91. The molecule has 14 heavy (non-hydrogen) atoms. The minimum atomic E-state index is 0.225. The Kier molecular flexibility index (Phi) is 8.92. The molecule has 0 aromatic carbocycles. The Morgan fingerprint density at radius 3 is 1.93 bits per heavy atom. The molecule has 0 aliphatic heterocycles. The Hall–Kier alpha value is 0.390. The summed E-state index contributed by atoms with van der Waals surface area (Å²) in [6.45, 7) is 10.6. The first-order chi connectivity index (χ1) is 6.65. The molecular formula is C12H28NP. The summed E-state index contributed by atoms with van der Waals surface area (Å²) in [5, 5.41) is 0. The second-order valence-corrected chi connectivity index (χ2v) is 6.83. The highest BCUT2D eigenvalue weighted by molar-refractivity contribution is 7.57. The summed E-state index contributed by atoms with van der Waals surface area (Å²) < 4.78 is 0. The van der Waals surface area contributed by atoms with Gasteiger partial charge in [-0.25, -0.2) is 0 Å². The average molecular weight is 217 g/mol. The van der Waals surface area contributed by atoms with Crippen LogP contribution in [0.2, 0.25) is 0 Å². The van der Waals surface area contributed by atoms with Crippen LogP contribution >= 0.6 is 7.92 Å². The molecule has 0 saturated carbocycles. The van der Waals surface area contributed by atoms with Crippen molar-refractivity contribution in [3.8, 4) is 0 Å². The van der Waals surface area contributed by atoms with Gasteiger partial charge >= 0.3 is 0 Å². The van der Waals surface area contributed by atoms with E-state index in [0.717, 1.165) is 5.66 Å². The van der Waals surface area contributed by atoms with Crippen LogP contribution in [0.5, 0.6) is 0 Å². The first-order valence-corrected chi connectivity index (χ1v) is 8.08. The predicted octanol–water partition coefficient (Wildman–Crippen LogP) is 3.98. The summed E-state index contributed by atoms with van der Waals surface area (Å²) >= 11 is 0. The monoisotopic (exact) mass is 217 g/mol. The number of rotatable bonds is 8. The highest BCUT2D eigenvalue weighted by Crippen LogP contribution is 2.42. The lowest BCUT2D eigenvalue weighted by Crippen LogP contribution is -2.21. The standard InChI is InChI=1S/C12H28NP/c1-6-9-12(10-7-2)14(5)11-13(4)8-3/h12H,6-11H2,1-5H3. The van der Waals surface area contributed by atoms with E-state index in [1.807, 2.05) is 0 Å². The van der Waals surface area contributed by atoms with Gasteiger partial charge in [0.05, 0.1) is 0 Å². The lowest BCUT2D eigenvalue weighted by molar-refractivity contribution is 0.411. The van der Waals surface area contributed by atoms with E-state index in [-0.39, 0.29) is 7.92 Å². The lowest BCUT2D eigenvalue weighted by atomic mass is 10.2. The molecular weight excluding hydrogens is 189 g/mol. The highest BCUT2D eigenvalue weighted by Gasteiger charge is 2.15. The maximum Gasteiger partial charge on any atom is 0.0180 e. The smallest absolute Gasteiger partial charge is 0.0180 e. The Bertz CT molecular complexity index is 121. The number of hydrogen-bond acceptors (Lipinski definition) is 1. The van der Waals surface area contributed by atoms with Gasteiger partial charge in [-0.05, 0) is 38.8 Å². The summed E-state index contributed by atoms with van der Waals surface area (Å²) in [7, 11) is 2.47. The van der Waals surface area contributed by atoms with E-state index in [9.17, 15) is 0 Å². The van der Waals surface area contributed by atoms with Crippen LogP contribution in [0, 0.1) is 0 Å². The molecule has 0 rings (SSSR count). The van der Waals surface area contributed by atoms with Crippen LogP contribution in [0.15, 0.2) is 0 Å². The van der Waals surface area contributed by atoms with Gasteiger partial charge in [-0.3, -0.25) is 0 Å². The molecule has 0 fully saturated rings. The topological polar surface area (TPSA) is 3.24 Å². The van der Waals surface area contributed by atoms with Gasteiger partial charge in [0.25, 0.3) is 0 Å². The molecule has 0 amide bonds. The maximum absolute atomic E-state index is 2.48. The van der Waals surface area contributed by atoms with Crippen LogP contribution in [0.4, 0.5) is 0 Å². The maximum atomic E-state index is 2.48. The molecule has 86 valence electrons. The van der Waals surface area contributed by atoms with Crippen molar-refractivity contribution in [2.45, 2.75) is 52.1 Å². The predicted molar refractivity (Wildman–Crippen MR) is 69.6 cm³/mol. The zero-order valence-corrected chi connectivity index (χ0v) is 11.6. The fourth-order valence-corrected chi connectivity index (χ4v) is 4.44. The molecule has 0 N–H and O–H groups in total. The fraction of sp³-hybridized carbons (Fsp3) is 1.00. The Labute approximate surface area is 92.0 Å². The van der Waals surface area contributed by atoms with Gasteiger partial charge in [0.1, 0.15) is 0 Å². The minimum absolute atomic E-state index is 0.225. The van der Waals surface area contributed by atoms with Gasteiger partial charge in [-0.2, -0.15) is 0 Å². The van der Waals surface area contributed by atoms with Crippen molar-refractivity contribution in [1.82, 2.24) is 4.90 Å². The van der Waals surface area contributed by atoms with Gasteiger partial charge < -0.3 is 4.90 Å². The van der Waals surface area contributed by atoms with Crippen molar-refractivity contribution in [2.75, 3.05) is 26.5 Å². The molecule has 1 atom stereocenters. The van der Waals surface area contributed by atoms with Crippen LogP contribution in [0.3, 0.4) is 0 Å². The van der Waals surface area contributed by atoms with Crippen molar-refractivity contribution in [3.05, 3.63) is 0 Å². The largest absolute Gasteiger partial charge is 0.303 e. The van der Waals surface area contributed by atoms with Crippen LogP contribution in [0.1, 0.15) is 46.5 Å². The van der Waals surface area contributed by atoms with Crippen LogP contribution in [-0.2, 0) is 0 Å². The minimum Gasteiger partial charge on any atom is -0.303 e. The lowest BCUT2D eigenvalue weighted by Gasteiger charge is -2.27. The molecule has 1 unspecified atom stereocenters. The van der Waals surface area contributed by atoms with Gasteiger partial charge in [0.15, 0.2) is 0 Å². The summed E-state index contributed by atoms with van der Waals surface area (Å²) in [6, 6.07) is 0. The molecule has 0 saturated heterocycles. The second-order valence-electron chi connectivity index (χ2n) is 4.30. The van der Waals surface area contributed by atoms with Crippen molar-refractivity contribution in [2.24, 2.45) is 0 Å². The van der Waals surface area contributed by atoms with Gasteiger partial charge in [-0.1, -0.05) is 41.5 Å². The normalized spacial score (nSPS) is 13.9. The van der Waals surface area contributed by atoms with Crippen molar-refractivity contribution < 1.29 is 0 Å². The Morgan fingerprint density at radius 2 is 1.57 bits per heavy atom. The van der Waals surface area contributed by atoms with Gasteiger partial charge in [0, 0.05) is 6.29 Å². The van der Waals surface area contributed by atoms with E-state index in [0.29, 0.717) is 0 Å². The zero-order valence-electron chi connectivity index (χ0n) is 10.7. The molecule has 0 aromatic heterocycles. The molecule has 0 aromatic rings. The van der Waals surface area contributed by atoms with Crippen molar-refractivity contribution >= 4 is 7.92 Å². The third-order valence-corrected chi connectivity index (χ3v) is 5.56. The third-order valence-electron chi connectivity index (χ3n) is 2.87. The van der Waals surface area contributed by atoms with E-state index < -0.39 is 0 Å². The SMILES string of the molecule is CCCC(CCC)P(C)CN(C)CC. The molecule has 0 heterocycles. The highest BCUT2D eigenvalue weighted by atomic mass is 31.1. The summed E-state index contributed by atoms with van der Waals surface area (Å²) in [5.74, 6) is 0. The molecule has 2 heteroatoms. The number of nitrogens with zero attached hydrogens (tertiary/aromatic N) is 1. The molecule has 0 aliphatic rings. The molecule has 0 aliphatic carbocycles. The Balaban J connectivity index is 3.92. The molecule has 0 radical (unpaired) electrons. The van der Waals surface area contributed by atoms with Crippen LogP contribution < -0.4 is 0 Å². The average Bonchev–Trinajstić information content (AvgIpc) is 2.17. The van der Waals surface area contributed by atoms with Crippen LogP contribution in [0.25, 0.3) is 0 Å². The van der Waals surface area contributed by atoms with E-state index in [2.05, 4.69) is 39.4 Å². The van der Waals surface area contributed by atoms with Crippen LogP contribution in [-0.4, -0.2) is 37.1 Å². The fourth-order valence-electron chi connectivity index (χ4n) is 1.85. The molecule has 0 spiro atoms. The first kappa shape index (κ1) is 14.4. The van der Waals surface area contributed by atoms with Gasteiger partial charge in [-0.15, -0.1) is 0 Å². The second kappa shape index (κ2) is 8.68. The molecule has 1 nitrogen and oxygen atoms in total. The summed E-state index contributed by atoms with van der Waals surface area (Å²) in [5.41, 5.74) is 1.01. The van der Waals surface area contributed by atoms with E-state index in [1.54, 1.807) is 0 Å². The Morgan fingerprint density at radius 1 is 1.07 bits per heavy atom. The van der Waals surface area contributed by atoms with Gasteiger partial charge in [0.2, 0.25) is 0 Å². The van der Waals surface area contributed by atoms with E-state index >= 15 is 0 Å². The summed E-state index contributed by atoms with van der Waals surface area (Å²) in [4.78, 5) is 2.46. The zero-order chi connectivity index (χ0) is 11.0. The quantitative estimate of drug-likeness (QED) is 0.556. The first-order valence-electron chi connectivity index (χ1n) is 6.04. The van der Waals surface area contributed by atoms with E-state index in [4.69, 9.17) is 0 Å². The third kappa shape index (κ3) is 5.98. The van der Waals surface area contributed by atoms with E-state index in [1.165, 1.54) is 38.5 Å².